The van der Waals surface area contributed by atoms with Gasteiger partial charge in [-0.25, -0.2) is 9.78 Å². The molecule has 0 aliphatic carbocycles. The Morgan fingerprint density at radius 2 is 1.68 bits per heavy atom. The number of hydrogen-bond acceptors (Lipinski definition) is 2. The molecular formula is C19H14F3NO2. The Bertz CT molecular complexity index is 977. The summed E-state index contributed by atoms with van der Waals surface area (Å²) in [6.45, 7) is 3.68. The number of benzene rings is 2. The number of rotatable bonds is 2. The lowest BCUT2D eigenvalue weighted by atomic mass is 9.98. The van der Waals surface area contributed by atoms with E-state index in [9.17, 15) is 23.1 Å². The Kier molecular flexibility index (Phi) is 3.99. The summed E-state index contributed by atoms with van der Waals surface area (Å²) in [6, 6.07) is 9.55. The van der Waals surface area contributed by atoms with Crippen molar-refractivity contribution in [3.05, 3.63) is 64.7 Å². The van der Waals surface area contributed by atoms with Crippen LogP contribution in [0.4, 0.5) is 13.2 Å². The molecule has 1 aromatic heterocycles. The highest BCUT2D eigenvalue weighted by molar-refractivity contribution is 6.05. The molecule has 6 heteroatoms. The lowest BCUT2D eigenvalue weighted by Gasteiger charge is -2.11. The molecule has 0 saturated carbocycles. The van der Waals surface area contributed by atoms with Crippen LogP contribution in [0.1, 0.15) is 27.0 Å². The first-order valence-electron chi connectivity index (χ1n) is 7.50. The summed E-state index contributed by atoms with van der Waals surface area (Å²) in [5, 5.41) is 10.1. The lowest BCUT2D eigenvalue weighted by Crippen LogP contribution is -2.04. The van der Waals surface area contributed by atoms with Crippen molar-refractivity contribution >= 4 is 16.9 Å². The first-order chi connectivity index (χ1) is 11.7. The number of nitrogens with zero attached hydrogens (tertiary/aromatic N) is 1. The molecule has 128 valence electrons. The maximum absolute atomic E-state index is 12.7. The van der Waals surface area contributed by atoms with Gasteiger partial charge in [-0.1, -0.05) is 18.2 Å². The normalized spacial score (nSPS) is 11.7. The van der Waals surface area contributed by atoms with E-state index < -0.39 is 17.7 Å². The van der Waals surface area contributed by atoms with Crippen LogP contribution in [0.25, 0.3) is 22.2 Å². The van der Waals surface area contributed by atoms with Crippen LogP contribution in [0.15, 0.2) is 42.5 Å². The fourth-order valence-corrected chi connectivity index (χ4v) is 2.90. The number of pyridine rings is 1. The molecule has 3 rings (SSSR count). The summed E-state index contributed by atoms with van der Waals surface area (Å²) in [4.78, 5) is 16.1. The number of alkyl halides is 3. The third-order valence-corrected chi connectivity index (χ3v) is 3.99. The van der Waals surface area contributed by atoms with Crippen LogP contribution in [0.5, 0.6) is 0 Å². The minimum atomic E-state index is -4.42. The molecule has 25 heavy (non-hydrogen) atoms. The second kappa shape index (κ2) is 5.88. The number of carbonyl (C=O) groups is 1. The first-order valence-corrected chi connectivity index (χ1v) is 7.50. The minimum absolute atomic E-state index is 0.0809. The molecule has 0 unspecified atom stereocenters. The van der Waals surface area contributed by atoms with E-state index >= 15 is 0 Å². The van der Waals surface area contributed by atoms with E-state index in [-0.39, 0.29) is 5.56 Å². The maximum atomic E-state index is 12.7. The molecule has 0 amide bonds. The fourth-order valence-electron chi connectivity index (χ4n) is 2.90. The van der Waals surface area contributed by atoms with Crippen LogP contribution in [-0.2, 0) is 6.18 Å². The summed E-state index contributed by atoms with van der Waals surface area (Å²) >= 11 is 0. The van der Waals surface area contributed by atoms with Crippen molar-refractivity contribution in [3.8, 4) is 11.3 Å². The summed E-state index contributed by atoms with van der Waals surface area (Å²) in [6.07, 6.45) is -4.42. The van der Waals surface area contributed by atoms with Crippen LogP contribution in [0.2, 0.25) is 0 Å². The zero-order chi connectivity index (χ0) is 18.4. The van der Waals surface area contributed by atoms with Crippen molar-refractivity contribution in [2.75, 3.05) is 0 Å². The Labute approximate surface area is 141 Å². The molecule has 0 radical (unpaired) electrons. The molecule has 3 nitrogen and oxygen atoms in total. The van der Waals surface area contributed by atoms with Gasteiger partial charge in [-0.05, 0) is 49.2 Å². The second-order valence-electron chi connectivity index (χ2n) is 5.91. The first kappa shape index (κ1) is 17.0. The third kappa shape index (κ3) is 3.20. The van der Waals surface area contributed by atoms with Crippen molar-refractivity contribution in [3.63, 3.8) is 0 Å². The smallest absolute Gasteiger partial charge is 0.416 e. The van der Waals surface area contributed by atoms with E-state index in [1.54, 1.807) is 13.0 Å². The molecule has 1 N–H and O–H groups in total. The number of hydrogen-bond donors (Lipinski definition) is 1. The van der Waals surface area contributed by atoms with Gasteiger partial charge in [0.2, 0.25) is 0 Å². The van der Waals surface area contributed by atoms with Gasteiger partial charge in [0.25, 0.3) is 0 Å². The standard InChI is InChI=1S/C19H14F3NO2/c1-10-7-11(2)17-14(18(24)25)9-15(23-16(17)8-10)12-3-5-13(6-4-12)19(20,21)22/h3-9H,1-2H3,(H,24,25). The van der Waals surface area contributed by atoms with E-state index in [1.165, 1.54) is 18.2 Å². The van der Waals surface area contributed by atoms with Crippen LogP contribution in [0.3, 0.4) is 0 Å². The number of carboxylic acid groups (broad SMARTS) is 1. The summed E-state index contributed by atoms with van der Waals surface area (Å²) < 4.78 is 38.1. The number of aryl methyl sites for hydroxylation is 2. The van der Waals surface area contributed by atoms with Crippen molar-refractivity contribution in [1.29, 1.82) is 0 Å². The topological polar surface area (TPSA) is 50.2 Å². The summed E-state index contributed by atoms with van der Waals surface area (Å²) in [5.74, 6) is -1.10. The average molecular weight is 345 g/mol. The predicted molar refractivity (Wildman–Crippen MR) is 88.6 cm³/mol. The SMILES string of the molecule is Cc1cc(C)c2c(C(=O)O)cc(-c3ccc(C(F)(F)F)cc3)nc2c1. The van der Waals surface area contributed by atoms with E-state index in [0.29, 0.717) is 22.2 Å². The van der Waals surface area contributed by atoms with Gasteiger partial charge in [0.05, 0.1) is 22.3 Å². The zero-order valence-electron chi connectivity index (χ0n) is 13.5. The number of fused-ring (bicyclic) bond motifs is 1. The molecule has 2 aromatic carbocycles. The second-order valence-corrected chi connectivity index (χ2v) is 5.91. The molecular weight excluding hydrogens is 331 g/mol. The molecule has 1 heterocycles. The van der Waals surface area contributed by atoms with Gasteiger partial charge in [0, 0.05) is 10.9 Å². The number of carboxylic acids is 1. The maximum Gasteiger partial charge on any atom is 0.416 e. The zero-order valence-corrected chi connectivity index (χ0v) is 13.5. The monoisotopic (exact) mass is 345 g/mol. The highest BCUT2D eigenvalue weighted by Gasteiger charge is 2.30. The van der Waals surface area contributed by atoms with Crippen LogP contribution in [-0.4, -0.2) is 16.1 Å². The van der Waals surface area contributed by atoms with Crippen molar-refractivity contribution in [1.82, 2.24) is 4.98 Å². The van der Waals surface area contributed by atoms with Gasteiger partial charge in [0.1, 0.15) is 0 Å². The summed E-state index contributed by atoms with van der Waals surface area (Å²) in [5.41, 5.74) is 2.30. The van der Waals surface area contributed by atoms with Crippen molar-refractivity contribution in [2.45, 2.75) is 20.0 Å². The molecule has 0 spiro atoms. The van der Waals surface area contributed by atoms with E-state index in [1.807, 2.05) is 13.0 Å². The Balaban J connectivity index is 2.22. The van der Waals surface area contributed by atoms with Gasteiger partial charge in [-0.2, -0.15) is 13.2 Å². The van der Waals surface area contributed by atoms with Crippen molar-refractivity contribution < 1.29 is 23.1 Å². The number of aromatic carboxylic acids is 1. The Morgan fingerprint density at radius 1 is 1.04 bits per heavy atom. The average Bonchev–Trinajstić information content (AvgIpc) is 2.52. The van der Waals surface area contributed by atoms with Gasteiger partial charge >= 0.3 is 12.1 Å². The van der Waals surface area contributed by atoms with Gasteiger partial charge in [-0.3, -0.25) is 0 Å². The number of aromatic nitrogens is 1. The van der Waals surface area contributed by atoms with Crippen LogP contribution < -0.4 is 0 Å². The van der Waals surface area contributed by atoms with Crippen LogP contribution in [0, 0.1) is 13.8 Å². The highest BCUT2D eigenvalue weighted by atomic mass is 19.4. The lowest BCUT2D eigenvalue weighted by molar-refractivity contribution is -0.137. The molecule has 0 saturated heterocycles. The third-order valence-electron chi connectivity index (χ3n) is 3.99. The molecule has 0 fully saturated rings. The quantitative estimate of drug-likeness (QED) is 0.691. The number of halogens is 3. The van der Waals surface area contributed by atoms with Gasteiger partial charge in [0.15, 0.2) is 0 Å². The minimum Gasteiger partial charge on any atom is -0.478 e. The Hall–Kier alpha value is -2.89. The molecule has 0 aliphatic heterocycles. The Morgan fingerprint density at radius 3 is 2.24 bits per heavy atom. The molecule has 0 aliphatic rings. The highest BCUT2D eigenvalue weighted by Crippen LogP contribution is 2.32. The van der Waals surface area contributed by atoms with Gasteiger partial charge in [-0.15, -0.1) is 0 Å². The van der Waals surface area contributed by atoms with Crippen LogP contribution >= 0.6 is 0 Å². The molecule has 0 atom stereocenters. The van der Waals surface area contributed by atoms with E-state index in [4.69, 9.17) is 0 Å². The fraction of sp³-hybridized carbons (Fsp3) is 0.158. The van der Waals surface area contributed by atoms with Gasteiger partial charge < -0.3 is 5.11 Å². The summed E-state index contributed by atoms with van der Waals surface area (Å²) in [7, 11) is 0. The van der Waals surface area contributed by atoms with E-state index in [2.05, 4.69) is 4.98 Å². The largest absolute Gasteiger partial charge is 0.478 e. The molecule has 0 bridgehead atoms. The van der Waals surface area contributed by atoms with Crippen molar-refractivity contribution in [2.24, 2.45) is 0 Å². The molecule has 3 aromatic rings. The predicted octanol–water partition coefficient (Wildman–Crippen LogP) is 5.24. The van der Waals surface area contributed by atoms with E-state index in [0.717, 1.165) is 23.3 Å².